The molecule has 9 heteroatoms. The second-order valence-corrected chi connectivity index (χ2v) is 7.41. The monoisotopic (exact) mass is 402 g/mol. The Labute approximate surface area is 163 Å². The number of azide groups is 1. The van der Waals surface area contributed by atoms with Crippen molar-refractivity contribution in [2.24, 2.45) is 5.11 Å². The fourth-order valence-corrected chi connectivity index (χ4v) is 4.06. The molecule has 1 aromatic heterocycles. The zero-order valence-electron chi connectivity index (χ0n) is 14.6. The maximum Gasteiger partial charge on any atom is 0.106 e. The lowest BCUT2D eigenvalue weighted by atomic mass is 10.0. The highest BCUT2D eigenvalue weighted by Gasteiger charge is 2.20. The van der Waals surface area contributed by atoms with Crippen molar-refractivity contribution in [2.45, 2.75) is 25.0 Å². The van der Waals surface area contributed by atoms with E-state index in [1.54, 1.807) is 24.3 Å². The molecule has 0 saturated heterocycles. The van der Waals surface area contributed by atoms with Crippen LogP contribution in [0.4, 0.5) is 0 Å². The van der Waals surface area contributed by atoms with Gasteiger partial charge in [-0.2, -0.15) is 0 Å². The van der Waals surface area contributed by atoms with Crippen LogP contribution in [-0.2, 0) is 23.9 Å². The first-order valence-corrected chi connectivity index (χ1v) is 9.91. The number of hydrogen-bond acceptors (Lipinski definition) is 4. The minimum absolute atomic E-state index is 0.356. The molecule has 1 N–H and O–H groups in total. The summed E-state index contributed by atoms with van der Waals surface area (Å²) in [7, 11) is 0. The van der Waals surface area contributed by atoms with Crippen molar-refractivity contribution in [3.63, 3.8) is 0 Å². The first-order chi connectivity index (χ1) is 13.0. The predicted molar refractivity (Wildman–Crippen MR) is 105 cm³/mol. The lowest BCUT2D eigenvalue weighted by molar-refractivity contribution is 0.530. The average molecular weight is 403 g/mol. The van der Waals surface area contributed by atoms with Crippen molar-refractivity contribution < 1.29 is 8.76 Å². The Morgan fingerprint density at radius 1 is 1.37 bits per heavy atom. The third-order valence-corrected chi connectivity index (χ3v) is 5.54. The summed E-state index contributed by atoms with van der Waals surface area (Å²) in [6.07, 6.45) is 1.34. The third-order valence-electron chi connectivity index (χ3n) is 4.31. The van der Waals surface area contributed by atoms with Crippen LogP contribution < -0.4 is 0 Å². The summed E-state index contributed by atoms with van der Waals surface area (Å²) < 4.78 is 24.0. The van der Waals surface area contributed by atoms with E-state index < -0.39 is 16.3 Å². The topological polar surface area (TPSA) is 118 Å². The van der Waals surface area contributed by atoms with E-state index in [4.69, 9.17) is 17.1 Å². The van der Waals surface area contributed by atoms with Crippen molar-refractivity contribution in [3.8, 4) is 0 Å². The van der Waals surface area contributed by atoms with E-state index in [1.165, 1.54) is 0 Å². The number of aryl methyl sites for hydroxylation is 1. The second kappa shape index (κ2) is 8.54. The molecular weight excluding hydrogens is 386 g/mol. The molecule has 0 fully saturated rings. The van der Waals surface area contributed by atoms with Crippen molar-refractivity contribution >= 4 is 33.7 Å². The number of benzene rings is 2. The number of H-pyrrole nitrogens is 1. The zero-order valence-corrected chi connectivity index (χ0v) is 16.1. The third kappa shape index (κ3) is 4.31. The summed E-state index contributed by atoms with van der Waals surface area (Å²) in [6, 6.07) is 10.6. The molecule has 2 atom stereocenters. The molecule has 2 unspecified atom stereocenters. The van der Waals surface area contributed by atoms with Gasteiger partial charge in [-0.25, -0.2) is 4.98 Å². The average Bonchev–Trinajstić information content (AvgIpc) is 3.05. The Bertz CT molecular complexity index is 1030. The van der Waals surface area contributed by atoms with Gasteiger partial charge in [0, 0.05) is 22.9 Å². The second-order valence-electron chi connectivity index (χ2n) is 6.01. The van der Waals surface area contributed by atoms with Crippen LogP contribution in [0, 0.1) is 0 Å². The minimum atomic E-state index is -2.40. The highest BCUT2D eigenvalue weighted by Crippen LogP contribution is 2.35. The maximum atomic E-state index is 12.0. The van der Waals surface area contributed by atoms with Crippen molar-refractivity contribution in [1.29, 1.82) is 0 Å². The highest BCUT2D eigenvalue weighted by molar-refractivity contribution is 7.79. The molecule has 0 saturated carbocycles. The molecule has 3 rings (SSSR count). The number of imidazole rings is 1. The fraction of sp³-hybridized carbons (Fsp3) is 0.278. The number of fused-ring (bicyclic) bond motifs is 1. The number of aromatic nitrogens is 2. The predicted octanol–water partition coefficient (Wildman–Crippen LogP) is 4.60. The molecule has 0 aliphatic carbocycles. The summed E-state index contributed by atoms with van der Waals surface area (Å²) in [5.74, 6) is 0.822. The Kier molecular flexibility index (Phi) is 6.13. The quantitative estimate of drug-likeness (QED) is 0.269. The number of halogens is 1. The van der Waals surface area contributed by atoms with Crippen molar-refractivity contribution in [1.82, 2.24) is 9.97 Å². The first-order valence-electron chi connectivity index (χ1n) is 8.39. The zero-order chi connectivity index (χ0) is 19.4. The summed E-state index contributed by atoms with van der Waals surface area (Å²) >= 11 is 3.98. The van der Waals surface area contributed by atoms with Crippen molar-refractivity contribution in [3.05, 3.63) is 74.4 Å². The molecule has 1 heterocycles. The Hall–Kier alpha value is -2.38. The molecule has 27 heavy (non-hydrogen) atoms. The molecule has 0 aliphatic heterocycles. The van der Waals surface area contributed by atoms with Gasteiger partial charge in [-0.15, -0.1) is 0 Å². The van der Waals surface area contributed by atoms with Gasteiger partial charge in [0.05, 0.1) is 16.3 Å². The Balaban J connectivity index is 1.98. The van der Waals surface area contributed by atoms with E-state index in [-0.39, 0.29) is 0 Å². The normalized spacial score (nSPS) is 13.3. The summed E-state index contributed by atoms with van der Waals surface area (Å²) in [5, 5.41) is 2.98. The van der Waals surface area contributed by atoms with Crippen LogP contribution >= 0.6 is 11.6 Å². The highest BCUT2D eigenvalue weighted by atomic mass is 35.5. The smallest absolute Gasteiger partial charge is 0.106 e. The number of hydrogen-bond donors (Lipinski definition) is 1. The van der Waals surface area contributed by atoms with E-state index in [2.05, 4.69) is 20.0 Å². The maximum absolute atomic E-state index is 12.0. The van der Waals surface area contributed by atoms with E-state index in [9.17, 15) is 8.76 Å². The number of aromatic amines is 1. The van der Waals surface area contributed by atoms with Gasteiger partial charge in [-0.05, 0) is 51.9 Å². The van der Waals surface area contributed by atoms with E-state index in [0.29, 0.717) is 34.6 Å². The lowest BCUT2D eigenvalue weighted by Gasteiger charge is -2.22. The molecular formula is C18H17ClN5O2S-. The molecule has 3 aromatic rings. The SMILES string of the molecule is CCc1nc2cc(Cl)c(C(c3ccc(CCN=[N+]=[N-])cc3)S(=O)[O-])cc2[nH]1. The van der Waals surface area contributed by atoms with Gasteiger partial charge in [-0.1, -0.05) is 47.9 Å². The standard InChI is InChI=1S/C18H18ClN5O2S/c1-2-17-22-15-9-13(14(19)10-16(15)23-17)18(27(25)26)12-5-3-11(4-6-12)7-8-21-24-20/h3-6,9-10,18H,2,7-8H2,1H3,(H,22,23)(H,25,26)/p-1. The van der Waals surface area contributed by atoms with Gasteiger partial charge in [0.1, 0.15) is 5.82 Å². The molecule has 0 spiro atoms. The lowest BCUT2D eigenvalue weighted by Crippen LogP contribution is -2.09. The van der Waals surface area contributed by atoms with Gasteiger partial charge in [-0.3, -0.25) is 4.21 Å². The summed E-state index contributed by atoms with van der Waals surface area (Å²) in [4.78, 5) is 10.3. The van der Waals surface area contributed by atoms with E-state index in [1.807, 2.05) is 19.1 Å². The Morgan fingerprint density at radius 3 is 2.74 bits per heavy atom. The molecule has 140 valence electrons. The molecule has 0 bridgehead atoms. The largest absolute Gasteiger partial charge is 0.772 e. The van der Waals surface area contributed by atoms with Crippen LogP contribution in [-0.4, -0.2) is 25.3 Å². The molecule has 0 radical (unpaired) electrons. The van der Waals surface area contributed by atoms with Gasteiger partial charge in [0.2, 0.25) is 0 Å². The summed E-state index contributed by atoms with van der Waals surface area (Å²) in [5.41, 5.74) is 11.9. The molecule has 7 nitrogen and oxygen atoms in total. The fourth-order valence-electron chi connectivity index (χ4n) is 2.95. The van der Waals surface area contributed by atoms with Crippen LogP contribution in [0.2, 0.25) is 5.02 Å². The molecule has 2 aromatic carbocycles. The summed E-state index contributed by atoms with van der Waals surface area (Å²) in [6.45, 7) is 2.34. The van der Waals surface area contributed by atoms with Crippen molar-refractivity contribution in [2.75, 3.05) is 6.54 Å². The van der Waals surface area contributed by atoms with E-state index in [0.717, 1.165) is 23.3 Å². The van der Waals surface area contributed by atoms with Crippen LogP contribution in [0.3, 0.4) is 0 Å². The van der Waals surface area contributed by atoms with Gasteiger partial charge in [0.25, 0.3) is 0 Å². The van der Waals surface area contributed by atoms with E-state index >= 15 is 0 Å². The van der Waals surface area contributed by atoms with Gasteiger partial charge < -0.3 is 9.54 Å². The first kappa shape index (κ1) is 19.4. The number of nitrogens with zero attached hydrogens (tertiary/aromatic N) is 4. The number of nitrogens with one attached hydrogen (secondary N) is 1. The van der Waals surface area contributed by atoms with Crippen LogP contribution in [0.5, 0.6) is 0 Å². The molecule has 0 amide bonds. The van der Waals surface area contributed by atoms with Crippen LogP contribution in [0.25, 0.3) is 21.5 Å². The van der Waals surface area contributed by atoms with Crippen LogP contribution in [0.15, 0.2) is 41.5 Å². The van der Waals surface area contributed by atoms with Gasteiger partial charge >= 0.3 is 0 Å². The number of rotatable bonds is 7. The van der Waals surface area contributed by atoms with Gasteiger partial charge in [0.15, 0.2) is 0 Å². The minimum Gasteiger partial charge on any atom is -0.772 e. The van der Waals surface area contributed by atoms with Crippen LogP contribution in [0.1, 0.15) is 34.7 Å². The Morgan fingerprint density at radius 2 is 2.11 bits per heavy atom. The molecule has 0 aliphatic rings.